The van der Waals surface area contributed by atoms with Crippen molar-refractivity contribution in [2.24, 2.45) is 5.73 Å². The van der Waals surface area contributed by atoms with Gasteiger partial charge in [-0.05, 0) is 25.0 Å². The first-order valence-corrected chi connectivity index (χ1v) is 7.37. The fraction of sp³-hybridized carbons (Fsp3) is 0.500. The van der Waals surface area contributed by atoms with E-state index in [1.165, 1.54) is 0 Å². The summed E-state index contributed by atoms with van der Waals surface area (Å²) in [6, 6.07) is 8.53. The Kier molecular flexibility index (Phi) is 3.81. The Morgan fingerprint density at radius 2 is 1.94 bits per heavy atom. The highest BCUT2D eigenvalue weighted by Gasteiger charge is 2.32. The van der Waals surface area contributed by atoms with Gasteiger partial charge >= 0.3 is 0 Å². The molecular weight excluding hydrogens is 236 g/mol. The van der Waals surface area contributed by atoms with Crippen LogP contribution in [0, 0.1) is 0 Å². The van der Waals surface area contributed by atoms with E-state index in [1.54, 1.807) is 28.6 Å². The largest absolute Gasteiger partial charge is 0.329 e. The van der Waals surface area contributed by atoms with E-state index in [0.717, 1.165) is 19.3 Å². The molecule has 0 saturated carbocycles. The molecule has 17 heavy (non-hydrogen) atoms. The van der Waals surface area contributed by atoms with Crippen LogP contribution in [-0.4, -0.2) is 31.9 Å². The number of hydrogen-bond acceptors (Lipinski definition) is 3. The highest BCUT2D eigenvalue weighted by molar-refractivity contribution is 7.89. The molecule has 0 radical (unpaired) electrons. The fourth-order valence-electron chi connectivity index (χ4n) is 2.25. The van der Waals surface area contributed by atoms with Gasteiger partial charge in [0.05, 0.1) is 4.90 Å². The molecule has 0 bridgehead atoms. The van der Waals surface area contributed by atoms with Gasteiger partial charge in [-0.3, -0.25) is 0 Å². The minimum atomic E-state index is -3.37. The summed E-state index contributed by atoms with van der Waals surface area (Å²) in [5, 5.41) is 0. The molecular formula is C12H18N2O2S. The smallest absolute Gasteiger partial charge is 0.243 e. The summed E-state index contributed by atoms with van der Waals surface area (Å²) in [5.41, 5.74) is 5.66. The molecule has 94 valence electrons. The summed E-state index contributed by atoms with van der Waals surface area (Å²) in [6.45, 7) is 0.977. The Hall–Kier alpha value is -0.910. The molecule has 1 aromatic carbocycles. The predicted molar refractivity (Wildman–Crippen MR) is 67.0 cm³/mol. The van der Waals surface area contributed by atoms with Crippen molar-refractivity contribution in [3.05, 3.63) is 30.3 Å². The number of hydrogen-bond donors (Lipinski definition) is 1. The van der Waals surface area contributed by atoms with Crippen LogP contribution in [-0.2, 0) is 10.0 Å². The lowest BCUT2D eigenvalue weighted by atomic mass is 10.1. The Morgan fingerprint density at radius 3 is 2.59 bits per heavy atom. The van der Waals surface area contributed by atoms with E-state index < -0.39 is 10.0 Å². The highest BCUT2D eigenvalue weighted by atomic mass is 32.2. The molecule has 1 heterocycles. The third-order valence-electron chi connectivity index (χ3n) is 3.19. The van der Waals surface area contributed by atoms with Crippen molar-refractivity contribution in [1.82, 2.24) is 4.31 Å². The summed E-state index contributed by atoms with van der Waals surface area (Å²) in [6.07, 6.45) is 2.84. The lowest BCUT2D eigenvalue weighted by Gasteiger charge is -2.33. The molecule has 4 nitrogen and oxygen atoms in total. The Labute approximate surface area is 102 Å². The molecule has 1 aliphatic heterocycles. The summed E-state index contributed by atoms with van der Waals surface area (Å²) < 4.78 is 26.4. The first kappa shape index (κ1) is 12.5. The van der Waals surface area contributed by atoms with Crippen LogP contribution in [0.15, 0.2) is 35.2 Å². The third-order valence-corrected chi connectivity index (χ3v) is 5.16. The Morgan fingerprint density at radius 1 is 1.24 bits per heavy atom. The molecule has 1 aliphatic rings. The zero-order chi connectivity index (χ0) is 12.3. The van der Waals surface area contributed by atoms with E-state index in [9.17, 15) is 8.42 Å². The number of rotatable bonds is 3. The minimum absolute atomic E-state index is 0.0473. The van der Waals surface area contributed by atoms with Gasteiger partial charge in [-0.1, -0.05) is 24.6 Å². The van der Waals surface area contributed by atoms with Crippen LogP contribution < -0.4 is 5.73 Å². The van der Waals surface area contributed by atoms with Crippen LogP contribution in [0.5, 0.6) is 0 Å². The summed E-state index contributed by atoms with van der Waals surface area (Å²) in [5.74, 6) is 0. The quantitative estimate of drug-likeness (QED) is 0.881. The molecule has 1 aromatic rings. The molecule has 2 N–H and O–H groups in total. The second kappa shape index (κ2) is 5.16. The van der Waals surface area contributed by atoms with E-state index in [2.05, 4.69) is 0 Å². The highest BCUT2D eigenvalue weighted by Crippen LogP contribution is 2.24. The summed E-state index contributed by atoms with van der Waals surface area (Å²) in [7, 11) is -3.37. The molecule has 2 rings (SSSR count). The van der Waals surface area contributed by atoms with Gasteiger partial charge in [0, 0.05) is 19.1 Å². The van der Waals surface area contributed by atoms with Crippen LogP contribution in [0.25, 0.3) is 0 Å². The van der Waals surface area contributed by atoms with Gasteiger partial charge in [0.1, 0.15) is 0 Å². The van der Waals surface area contributed by atoms with Crippen molar-refractivity contribution in [1.29, 1.82) is 0 Å². The number of nitrogens with two attached hydrogens (primary N) is 1. The first-order chi connectivity index (χ1) is 8.16. The minimum Gasteiger partial charge on any atom is -0.329 e. The lowest BCUT2D eigenvalue weighted by molar-refractivity contribution is 0.257. The van der Waals surface area contributed by atoms with E-state index in [1.807, 2.05) is 6.07 Å². The van der Waals surface area contributed by atoms with E-state index in [0.29, 0.717) is 18.0 Å². The first-order valence-electron chi connectivity index (χ1n) is 5.93. The zero-order valence-electron chi connectivity index (χ0n) is 9.75. The molecule has 1 fully saturated rings. The van der Waals surface area contributed by atoms with Gasteiger partial charge in [0.2, 0.25) is 10.0 Å². The van der Waals surface area contributed by atoms with Gasteiger partial charge < -0.3 is 5.73 Å². The lowest BCUT2D eigenvalue weighted by Crippen LogP contribution is -2.47. The molecule has 1 saturated heterocycles. The van der Waals surface area contributed by atoms with Crippen molar-refractivity contribution in [2.75, 3.05) is 13.1 Å². The number of benzene rings is 1. The van der Waals surface area contributed by atoms with Gasteiger partial charge in [-0.2, -0.15) is 4.31 Å². The Bertz CT molecular complexity index is 459. The molecule has 0 aromatic heterocycles. The molecule has 1 atom stereocenters. The van der Waals surface area contributed by atoms with Gasteiger partial charge in [0.15, 0.2) is 0 Å². The van der Waals surface area contributed by atoms with Crippen molar-refractivity contribution in [3.63, 3.8) is 0 Å². The average Bonchev–Trinajstić information content (AvgIpc) is 2.39. The zero-order valence-corrected chi connectivity index (χ0v) is 10.6. The number of piperidine rings is 1. The van der Waals surface area contributed by atoms with Crippen LogP contribution >= 0.6 is 0 Å². The van der Waals surface area contributed by atoms with Crippen molar-refractivity contribution >= 4 is 10.0 Å². The van der Waals surface area contributed by atoms with Gasteiger partial charge in [-0.25, -0.2) is 8.42 Å². The molecule has 0 amide bonds. The maximum atomic E-state index is 12.4. The SMILES string of the molecule is NCC1CCCCN1S(=O)(=O)c1ccccc1. The van der Waals surface area contributed by atoms with Crippen LogP contribution in [0.1, 0.15) is 19.3 Å². The second-order valence-corrected chi connectivity index (χ2v) is 6.20. The van der Waals surface area contributed by atoms with Gasteiger partial charge in [0.25, 0.3) is 0 Å². The standard InChI is InChI=1S/C12H18N2O2S/c13-10-11-6-4-5-9-14(11)17(15,16)12-7-2-1-3-8-12/h1-3,7-8,11H,4-6,9-10,13H2. The molecule has 0 spiro atoms. The van der Waals surface area contributed by atoms with Crippen LogP contribution in [0.4, 0.5) is 0 Å². The number of nitrogens with zero attached hydrogens (tertiary/aromatic N) is 1. The van der Waals surface area contributed by atoms with E-state index in [-0.39, 0.29) is 6.04 Å². The average molecular weight is 254 g/mol. The third kappa shape index (κ3) is 2.51. The maximum absolute atomic E-state index is 12.4. The number of sulfonamides is 1. The molecule has 1 unspecified atom stereocenters. The van der Waals surface area contributed by atoms with Crippen molar-refractivity contribution in [2.45, 2.75) is 30.2 Å². The maximum Gasteiger partial charge on any atom is 0.243 e. The predicted octanol–water partition coefficient (Wildman–Crippen LogP) is 1.19. The Balaban J connectivity index is 2.31. The summed E-state index contributed by atoms with van der Waals surface area (Å²) >= 11 is 0. The van der Waals surface area contributed by atoms with Crippen LogP contribution in [0.3, 0.4) is 0 Å². The molecule has 0 aliphatic carbocycles. The van der Waals surface area contributed by atoms with E-state index >= 15 is 0 Å². The topological polar surface area (TPSA) is 63.4 Å². The van der Waals surface area contributed by atoms with E-state index in [4.69, 9.17) is 5.73 Å². The van der Waals surface area contributed by atoms with Gasteiger partial charge in [-0.15, -0.1) is 0 Å². The van der Waals surface area contributed by atoms with Crippen LogP contribution in [0.2, 0.25) is 0 Å². The second-order valence-electron chi connectivity index (χ2n) is 4.31. The fourth-order valence-corrected chi connectivity index (χ4v) is 3.98. The molecule has 5 heteroatoms. The van der Waals surface area contributed by atoms with Crippen molar-refractivity contribution < 1.29 is 8.42 Å². The summed E-state index contributed by atoms with van der Waals surface area (Å²) in [4.78, 5) is 0.361. The van der Waals surface area contributed by atoms with Crippen molar-refractivity contribution in [3.8, 4) is 0 Å². The normalized spacial score (nSPS) is 22.5. The monoisotopic (exact) mass is 254 g/mol.